The molecule has 31 heavy (non-hydrogen) atoms. The molecule has 0 atom stereocenters. The van der Waals surface area contributed by atoms with Crippen molar-refractivity contribution in [2.75, 3.05) is 36.5 Å². The number of benzene rings is 1. The first-order valence-corrected chi connectivity index (χ1v) is 10.2. The van der Waals surface area contributed by atoms with Crippen molar-refractivity contribution in [3.63, 3.8) is 0 Å². The molecule has 1 fully saturated rings. The molecule has 2 N–H and O–H groups in total. The molecule has 0 spiro atoms. The highest BCUT2D eigenvalue weighted by Gasteiger charge is 2.13. The summed E-state index contributed by atoms with van der Waals surface area (Å²) >= 11 is 0. The number of hydrogen-bond donors (Lipinski definition) is 2. The van der Waals surface area contributed by atoms with Gasteiger partial charge in [0.05, 0.1) is 54.3 Å². The summed E-state index contributed by atoms with van der Waals surface area (Å²) in [5, 5.41) is 7.80. The van der Waals surface area contributed by atoms with E-state index in [2.05, 4.69) is 42.4 Å². The number of pyridine rings is 1. The molecule has 0 saturated carbocycles. The second kappa shape index (κ2) is 7.37. The summed E-state index contributed by atoms with van der Waals surface area (Å²) in [5.41, 5.74) is 5.60. The quantitative estimate of drug-likeness (QED) is 0.468. The van der Waals surface area contributed by atoms with Crippen LogP contribution in [0.2, 0.25) is 0 Å². The van der Waals surface area contributed by atoms with E-state index < -0.39 is 0 Å². The largest absolute Gasteiger partial charge is 0.378 e. The van der Waals surface area contributed by atoms with Gasteiger partial charge in [0.1, 0.15) is 11.6 Å². The van der Waals surface area contributed by atoms with Crippen molar-refractivity contribution in [3.05, 3.63) is 61.2 Å². The van der Waals surface area contributed by atoms with Crippen molar-refractivity contribution in [1.82, 2.24) is 29.5 Å². The number of imidazole rings is 1. The van der Waals surface area contributed by atoms with Crippen LogP contribution in [0.15, 0.2) is 61.2 Å². The van der Waals surface area contributed by atoms with Gasteiger partial charge in [-0.3, -0.25) is 0 Å². The van der Waals surface area contributed by atoms with Crippen LogP contribution in [0.1, 0.15) is 0 Å². The summed E-state index contributed by atoms with van der Waals surface area (Å²) < 4.78 is 7.20. The van der Waals surface area contributed by atoms with Crippen molar-refractivity contribution in [2.45, 2.75) is 0 Å². The van der Waals surface area contributed by atoms with Gasteiger partial charge in [-0.15, -0.1) is 0 Å². The predicted octanol–water partition coefficient (Wildman–Crippen LogP) is 3.25. The van der Waals surface area contributed by atoms with Crippen molar-refractivity contribution in [1.29, 1.82) is 0 Å². The minimum Gasteiger partial charge on any atom is -0.378 e. The standard InChI is InChI=1S/C22H20N8O/c1-3-17-19(25-14-24-17)11-15(1)18-12-22(30-21(27-18)5-6-26-30)28-20-4-2-16(13-23-20)29-7-9-31-10-8-29/h1-6,11-14H,7-10H2,(H,23,28)(H,24,25). The SMILES string of the molecule is c1cc2nc(-c3ccc4nc[nH]c4c3)cc(Nc3ccc(N4CCOCC4)cn3)n2n1. The fraction of sp³-hybridized carbons (Fsp3) is 0.182. The molecule has 5 aromatic rings. The summed E-state index contributed by atoms with van der Waals surface area (Å²) in [7, 11) is 0. The normalized spacial score (nSPS) is 14.4. The van der Waals surface area contributed by atoms with Gasteiger partial charge in [-0.1, -0.05) is 6.07 Å². The minimum absolute atomic E-state index is 0.745. The Hall–Kier alpha value is -3.98. The zero-order chi connectivity index (χ0) is 20.6. The van der Waals surface area contributed by atoms with E-state index in [0.29, 0.717) is 0 Å². The molecule has 0 bridgehead atoms. The van der Waals surface area contributed by atoms with Crippen molar-refractivity contribution in [2.24, 2.45) is 0 Å². The van der Waals surface area contributed by atoms with Crippen LogP contribution >= 0.6 is 0 Å². The number of hydrogen-bond acceptors (Lipinski definition) is 7. The Morgan fingerprint density at radius 1 is 1.00 bits per heavy atom. The van der Waals surface area contributed by atoms with Crippen LogP contribution in [-0.4, -0.2) is 55.9 Å². The minimum atomic E-state index is 0.745. The number of rotatable bonds is 4. The molecule has 154 valence electrons. The van der Waals surface area contributed by atoms with E-state index in [1.54, 1.807) is 17.0 Å². The van der Waals surface area contributed by atoms with E-state index in [-0.39, 0.29) is 0 Å². The lowest BCUT2D eigenvalue weighted by molar-refractivity contribution is 0.122. The van der Waals surface area contributed by atoms with Crippen LogP contribution in [0, 0.1) is 0 Å². The van der Waals surface area contributed by atoms with Gasteiger partial charge in [0.15, 0.2) is 5.65 Å². The van der Waals surface area contributed by atoms with Crippen LogP contribution in [-0.2, 0) is 4.74 Å². The maximum Gasteiger partial charge on any atom is 0.157 e. The molecule has 1 aliphatic heterocycles. The summed E-state index contributed by atoms with van der Waals surface area (Å²) in [6.07, 6.45) is 5.33. The highest BCUT2D eigenvalue weighted by atomic mass is 16.5. The van der Waals surface area contributed by atoms with E-state index in [9.17, 15) is 0 Å². The van der Waals surface area contributed by atoms with Crippen molar-refractivity contribution < 1.29 is 4.74 Å². The molecule has 0 amide bonds. The predicted molar refractivity (Wildman–Crippen MR) is 119 cm³/mol. The summed E-state index contributed by atoms with van der Waals surface area (Å²) in [6, 6.07) is 14.0. The monoisotopic (exact) mass is 412 g/mol. The van der Waals surface area contributed by atoms with E-state index in [4.69, 9.17) is 9.72 Å². The molecule has 9 heteroatoms. The lowest BCUT2D eigenvalue weighted by Gasteiger charge is -2.28. The van der Waals surface area contributed by atoms with E-state index in [1.165, 1.54) is 0 Å². The van der Waals surface area contributed by atoms with E-state index >= 15 is 0 Å². The number of nitrogens with zero attached hydrogens (tertiary/aromatic N) is 6. The Morgan fingerprint density at radius 3 is 2.81 bits per heavy atom. The molecule has 1 saturated heterocycles. The number of aromatic nitrogens is 6. The first-order valence-electron chi connectivity index (χ1n) is 10.2. The van der Waals surface area contributed by atoms with Gasteiger partial charge in [-0.2, -0.15) is 9.61 Å². The molecular formula is C22H20N8O. The van der Waals surface area contributed by atoms with Gasteiger partial charge in [-0.25, -0.2) is 15.0 Å². The van der Waals surface area contributed by atoms with E-state index in [1.807, 2.05) is 36.5 Å². The van der Waals surface area contributed by atoms with Gasteiger partial charge in [0, 0.05) is 30.8 Å². The number of ether oxygens (including phenoxy) is 1. The Kier molecular flexibility index (Phi) is 4.24. The fourth-order valence-electron chi connectivity index (χ4n) is 3.84. The molecule has 1 aromatic carbocycles. The molecule has 0 radical (unpaired) electrons. The van der Waals surface area contributed by atoms with Gasteiger partial charge in [0.2, 0.25) is 0 Å². The lowest BCUT2D eigenvalue weighted by Crippen LogP contribution is -2.36. The van der Waals surface area contributed by atoms with Crippen molar-refractivity contribution >= 4 is 34.0 Å². The maximum atomic E-state index is 5.43. The van der Waals surface area contributed by atoms with E-state index in [0.717, 1.165) is 71.6 Å². The smallest absolute Gasteiger partial charge is 0.157 e. The molecule has 4 aromatic heterocycles. The summed E-state index contributed by atoms with van der Waals surface area (Å²) in [5.74, 6) is 1.54. The number of aromatic amines is 1. The molecular weight excluding hydrogens is 392 g/mol. The van der Waals surface area contributed by atoms with Crippen LogP contribution < -0.4 is 10.2 Å². The Morgan fingerprint density at radius 2 is 1.94 bits per heavy atom. The van der Waals surface area contributed by atoms with Gasteiger partial charge >= 0.3 is 0 Å². The number of H-pyrrole nitrogens is 1. The second-order valence-electron chi connectivity index (χ2n) is 7.39. The molecule has 1 aliphatic rings. The highest BCUT2D eigenvalue weighted by Crippen LogP contribution is 2.26. The van der Waals surface area contributed by atoms with Crippen LogP contribution in [0.25, 0.3) is 27.9 Å². The molecule has 0 aliphatic carbocycles. The van der Waals surface area contributed by atoms with Gasteiger partial charge in [-0.05, 0) is 24.3 Å². The Bertz CT molecular complexity index is 1350. The molecule has 0 unspecified atom stereocenters. The highest BCUT2D eigenvalue weighted by molar-refractivity contribution is 5.81. The third-order valence-electron chi connectivity index (χ3n) is 5.46. The van der Waals surface area contributed by atoms with Crippen molar-refractivity contribution in [3.8, 4) is 11.3 Å². The van der Waals surface area contributed by atoms with Crippen LogP contribution in [0.4, 0.5) is 17.3 Å². The maximum absolute atomic E-state index is 5.43. The fourth-order valence-corrected chi connectivity index (χ4v) is 3.84. The van der Waals surface area contributed by atoms with Gasteiger partial charge < -0.3 is 19.9 Å². The average Bonchev–Trinajstić information content (AvgIpc) is 3.49. The third-order valence-corrected chi connectivity index (χ3v) is 5.46. The molecule has 6 rings (SSSR count). The summed E-state index contributed by atoms with van der Waals surface area (Å²) in [6.45, 7) is 3.27. The first-order chi connectivity index (χ1) is 15.3. The molecule has 5 heterocycles. The Labute approximate surface area is 177 Å². The topological polar surface area (TPSA) is 96.3 Å². The number of morpholine rings is 1. The second-order valence-corrected chi connectivity index (χ2v) is 7.39. The summed E-state index contributed by atoms with van der Waals surface area (Å²) in [4.78, 5) is 19.1. The van der Waals surface area contributed by atoms with Gasteiger partial charge in [0.25, 0.3) is 0 Å². The number of fused-ring (bicyclic) bond motifs is 2. The Balaban J connectivity index is 1.33. The number of anilines is 3. The first kappa shape index (κ1) is 17.8. The third kappa shape index (κ3) is 3.34. The zero-order valence-electron chi connectivity index (χ0n) is 16.7. The average molecular weight is 412 g/mol. The molecule has 9 nitrogen and oxygen atoms in total. The lowest BCUT2D eigenvalue weighted by atomic mass is 10.1. The zero-order valence-corrected chi connectivity index (χ0v) is 16.7. The number of nitrogens with one attached hydrogen (secondary N) is 2. The van der Waals surface area contributed by atoms with Crippen LogP contribution in [0.5, 0.6) is 0 Å². The van der Waals surface area contributed by atoms with Crippen LogP contribution in [0.3, 0.4) is 0 Å².